The molecule has 2 aromatic rings. The van der Waals surface area contributed by atoms with Crippen LogP contribution in [0.4, 0.5) is 11.4 Å². The van der Waals surface area contributed by atoms with Crippen molar-refractivity contribution < 1.29 is 0 Å². The molecule has 129 valence electrons. The molecule has 5 rings (SSSR count). The molecule has 2 aromatic carbocycles. The average Bonchev–Trinajstić information content (AvgIpc) is 3.06. The molecule has 0 amide bonds. The summed E-state index contributed by atoms with van der Waals surface area (Å²) in [5.74, 6) is 1.54. The van der Waals surface area contributed by atoms with Gasteiger partial charge in [-0.2, -0.15) is 0 Å². The first-order valence-electron chi connectivity index (χ1n) is 10.4. The Labute approximate surface area is 151 Å². The second-order valence-electron chi connectivity index (χ2n) is 8.33. The summed E-state index contributed by atoms with van der Waals surface area (Å²) < 4.78 is 0. The standard InChI is InChI=1S/C24H28N/c1-3-7-17(8-4-1)19-11-13-23-21(15-19)22-16-20(12-14-24(22)25-23)18-9-5-2-6-10-18/h11-18H,1-10H2. The van der Waals surface area contributed by atoms with Crippen LogP contribution in [0.25, 0.3) is 11.1 Å². The average molecular weight is 330 g/mol. The van der Waals surface area contributed by atoms with E-state index >= 15 is 0 Å². The van der Waals surface area contributed by atoms with E-state index in [4.69, 9.17) is 5.32 Å². The maximum absolute atomic E-state index is 4.89. The van der Waals surface area contributed by atoms with Gasteiger partial charge in [-0.1, -0.05) is 50.7 Å². The van der Waals surface area contributed by atoms with Crippen LogP contribution in [0.3, 0.4) is 0 Å². The largest absolute Gasteiger partial charge is 0.248 e. The van der Waals surface area contributed by atoms with E-state index in [1.807, 2.05) is 0 Å². The van der Waals surface area contributed by atoms with Crippen molar-refractivity contribution in [1.29, 1.82) is 0 Å². The summed E-state index contributed by atoms with van der Waals surface area (Å²) >= 11 is 0. The number of benzene rings is 2. The highest BCUT2D eigenvalue weighted by atomic mass is 14.9. The van der Waals surface area contributed by atoms with Crippen molar-refractivity contribution in [2.75, 3.05) is 0 Å². The van der Waals surface area contributed by atoms with Crippen molar-refractivity contribution in [3.63, 3.8) is 0 Å². The molecule has 1 radical (unpaired) electrons. The minimum absolute atomic E-state index is 0.768. The lowest BCUT2D eigenvalue weighted by Gasteiger charge is -2.23. The maximum Gasteiger partial charge on any atom is 0.0716 e. The van der Waals surface area contributed by atoms with Gasteiger partial charge in [-0.25, -0.2) is 5.32 Å². The smallest absolute Gasteiger partial charge is 0.0716 e. The lowest BCUT2D eigenvalue weighted by atomic mass is 9.82. The molecule has 2 aliphatic carbocycles. The zero-order valence-electron chi connectivity index (χ0n) is 15.1. The third-order valence-electron chi connectivity index (χ3n) is 6.73. The molecule has 1 heterocycles. The topological polar surface area (TPSA) is 14.1 Å². The molecule has 0 aromatic heterocycles. The van der Waals surface area contributed by atoms with Gasteiger partial charge in [0.2, 0.25) is 0 Å². The van der Waals surface area contributed by atoms with Crippen molar-refractivity contribution in [3.05, 3.63) is 47.5 Å². The van der Waals surface area contributed by atoms with E-state index in [0.29, 0.717) is 0 Å². The van der Waals surface area contributed by atoms with Crippen LogP contribution in [0.15, 0.2) is 36.4 Å². The summed E-state index contributed by atoms with van der Waals surface area (Å²) in [7, 11) is 0. The Hall–Kier alpha value is -1.76. The van der Waals surface area contributed by atoms with Crippen LogP contribution in [0.5, 0.6) is 0 Å². The van der Waals surface area contributed by atoms with Crippen LogP contribution in [-0.2, 0) is 0 Å². The van der Waals surface area contributed by atoms with Crippen molar-refractivity contribution in [2.24, 2.45) is 0 Å². The minimum atomic E-state index is 0.768. The summed E-state index contributed by atoms with van der Waals surface area (Å²) in [6.07, 6.45) is 13.9. The summed E-state index contributed by atoms with van der Waals surface area (Å²) in [6.45, 7) is 0. The van der Waals surface area contributed by atoms with E-state index in [-0.39, 0.29) is 0 Å². The van der Waals surface area contributed by atoms with Crippen LogP contribution in [0.1, 0.15) is 87.2 Å². The Morgan fingerprint density at radius 1 is 0.560 bits per heavy atom. The molecular formula is C24H28N. The van der Waals surface area contributed by atoms with Crippen LogP contribution in [0.2, 0.25) is 0 Å². The second-order valence-corrected chi connectivity index (χ2v) is 8.33. The van der Waals surface area contributed by atoms with Gasteiger partial charge in [-0.05, 0) is 72.9 Å². The quantitative estimate of drug-likeness (QED) is 0.467. The fraction of sp³-hybridized carbons (Fsp3) is 0.500. The van der Waals surface area contributed by atoms with Gasteiger partial charge in [0, 0.05) is 11.1 Å². The maximum atomic E-state index is 4.89. The number of fused-ring (bicyclic) bond motifs is 3. The van der Waals surface area contributed by atoms with Crippen molar-refractivity contribution in [1.82, 2.24) is 5.32 Å². The van der Waals surface area contributed by atoms with E-state index < -0.39 is 0 Å². The molecule has 0 unspecified atom stereocenters. The van der Waals surface area contributed by atoms with Gasteiger partial charge in [0.1, 0.15) is 0 Å². The predicted molar refractivity (Wildman–Crippen MR) is 105 cm³/mol. The number of hydrogen-bond acceptors (Lipinski definition) is 0. The van der Waals surface area contributed by atoms with Crippen molar-refractivity contribution >= 4 is 11.4 Å². The second kappa shape index (κ2) is 6.52. The van der Waals surface area contributed by atoms with Gasteiger partial charge in [-0.15, -0.1) is 0 Å². The fourth-order valence-electron chi connectivity index (χ4n) is 5.24. The Bertz CT molecular complexity index is 698. The zero-order valence-corrected chi connectivity index (χ0v) is 15.1. The molecule has 0 N–H and O–H groups in total. The minimum Gasteiger partial charge on any atom is -0.248 e. The lowest BCUT2D eigenvalue weighted by molar-refractivity contribution is 0.443. The SMILES string of the molecule is c1cc2c(cc1C1CCCCC1)-c1cc(C3CCCCC3)ccc1[N]2. The summed E-state index contributed by atoms with van der Waals surface area (Å²) in [5, 5.41) is 4.89. The molecule has 1 aliphatic heterocycles. The lowest BCUT2D eigenvalue weighted by Crippen LogP contribution is -2.04. The van der Waals surface area contributed by atoms with Gasteiger partial charge < -0.3 is 0 Å². The Morgan fingerprint density at radius 3 is 1.44 bits per heavy atom. The first-order chi connectivity index (χ1) is 12.4. The fourth-order valence-corrected chi connectivity index (χ4v) is 5.24. The van der Waals surface area contributed by atoms with E-state index in [1.165, 1.54) is 86.7 Å². The molecule has 0 saturated heterocycles. The third kappa shape index (κ3) is 2.88. The number of rotatable bonds is 2. The predicted octanol–water partition coefficient (Wildman–Crippen LogP) is 7.33. The highest BCUT2D eigenvalue weighted by Gasteiger charge is 2.24. The Balaban J connectivity index is 1.49. The van der Waals surface area contributed by atoms with Crippen LogP contribution in [-0.4, -0.2) is 0 Å². The summed E-state index contributed by atoms with van der Waals surface area (Å²) in [4.78, 5) is 0. The number of hydrogen-bond donors (Lipinski definition) is 0. The van der Waals surface area contributed by atoms with Crippen LogP contribution in [0, 0.1) is 0 Å². The molecule has 0 atom stereocenters. The van der Waals surface area contributed by atoms with E-state index in [1.54, 1.807) is 11.1 Å². The van der Waals surface area contributed by atoms with E-state index in [0.717, 1.165) is 11.8 Å². The van der Waals surface area contributed by atoms with Gasteiger partial charge in [0.25, 0.3) is 0 Å². The normalized spacial score (nSPS) is 20.8. The van der Waals surface area contributed by atoms with Gasteiger partial charge in [0.05, 0.1) is 11.4 Å². The molecule has 3 aliphatic rings. The first kappa shape index (κ1) is 15.5. The molecular weight excluding hydrogens is 302 g/mol. The van der Waals surface area contributed by atoms with Crippen molar-refractivity contribution in [3.8, 4) is 11.1 Å². The zero-order chi connectivity index (χ0) is 16.6. The molecule has 2 fully saturated rings. The monoisotopic (exact) mass is 330 g/mol. The molecule has 0 spiro atoms. The third-order valence-corrected chi connectivity index (χ3v) is 6.73. The van der Waals surface area contributed by atoms with Crippen LogP contribution < -0.4 is 5.32 Å². The Kier molecular flexibility index (Phi) is 4.04. The summed E-state index contributed by atoms with van der Waals surface area (Å²) in [5.41, 5.74) is 8.21. The molecule has 2 saturated carbocycles. The van der Waals surface area contributed by atoms with E-state index in [9.17, 15) is 0 Å². The van der Waals surface area contributed by atoms with Crippen molar-refractivity contribution in [2.45, 2.75) is 76.0 Å². The van der Waals surface area contributed by atoms with E-state index in [2.05, 4.69) is 36.4 Å². The first-order valence-corrected chi connectivity index (χ1v) is 10.4. The molecule has 1 nitrogen and oxygen atoms in total. The summed E-state index contributed by atoms with van der Waals surface area (Å²) in [6, 6.07) is 14.1. The highest BCUT2D eigenvalue weighted by Crippen LogP contribution is 2.47. The molecule has 1 heteroatoms. The molecule has 25 heavy (non-hydrogen) atoms. The van der Waals surface area contributed by atoms with Gasteiger partial charge >= 0.3 is 0 Å². The van der Waals surface area contributed by atoms with Gasteiger partial charge in [0.15, 0.2) is 0 Å². The van der Waals surface area contributed by atoms with Crippen LogP contribution >= 0.6 is 0 Å². The highest BCUT2D eigenvalue weighted by molar-refractivity contribution is 5.91. The number of nitrogens with zero attached hydrogens (tertiary/aromatic N) is 1. The Morgan fingerprint density at radius 2 is 1.00 bits per heavy atom. The van der Waals surface area contributed by atoms with Gasteiger partial charge in [-0.3, -0.25) is 0 Å². The molecule has 0 bridgehead atoms.